The van der Waals surface area contributed by atoms with E-state index < -0.39 is 0 Å². The van der Waals surface area contributed by atoms with Crippen molar-refractivity contribution in [3.63, 3.8) is 0 Å². The molecule has 0 aliphatic heterocycles. The van der Waals surface area contributed by atoms with Gasteiger partial charge in [0.05, 0.1) is 3.79 Å². The first kappa shape index (κ1) is 13.1. The van der Waals surface area contributed by atoms with Crippen LogP contribution in [0.5, 0.6) is 5.75 Å². The lowest BCUT2D eigenvalue weighted by molar-refractivity contribution is 0.309. The van der Waals surface area contributed by atoms with Crippen molar-refractivity contribution < 1.29 is 4.74 Å². The maximum Gasteiger partial charge on any atom is 0.122 e. The Kier molecular flexibility index (Phi) is 4.62. The third kappa shape index (κ3) is 3.55. The molecule has 2 N–H and O–H groups in total. The van der Waals surface area contributed by atoms with E-state index in [4.69, 9.17) is 10.5 Å². The first-order valence-electron chi connectivity index (χ1n) is 5.04. The SMILES string of the molecule is NCc1cc(OCc2ccc(Br)s2)ccc1Br. The van der Waals surface area contributed by atoms with Crippen LogP contribution in [-0.4, -0.2) is 0 Å². The van der Waals surface area contributed by atoms with Gasteiger partial charge in [-0.25, -0.2) is 0 Å². The number of ether oxygens (including phenoxy) is 1. The molecule has 0 aliphatic carbocycles. The maximum absolute atomic E-state index is 5.72. The highest BCUT2D eigenvalue weighted by atomic mass is 79.9. The van der Waals surface area contributed by atoms with E-state index in [2.05, 4.69) is 37.9 Å². The zero-order valence-electron chi connectivity index (χ0n) is 8.95. The maximum atomic E-state index is 5.72. The van der Waals surface area contributed by atoms with Crippen molar-refractivity contribution in [1.29, 1.82) is 0 Å². The number of thiophene rings is 1. The van der Waals surface area contributed by atoms with Gasteiger partial charge in [-0.05, 0) is 51.8 Å². The quantitative estimate of drug-likeness (QED) is 0.862. The van der Waals surface area contributed by atoms with Gasteiger partial charge in [0.2, 0.25) is 0 Å². The largest absolute Gasteiger partial charge is 0.488 e. The number of halogens is 2. The molecule has 1 aromatic heterocycles. The third-order valence-corrected chi connectivity index (χ3v) is 4.62. The predicted octanol–water partition coefficient (Wildman–Crippen LogP) is 4.31. The molecule has 0 spiro atoms. The van der Waals surface area contributed by atoms with Crippen LogP contribution >= 0.6 is 43.2 Å². The van der Waals surface area contributed by atoms with Crippen LogP contribution in [0.15, 0.2) is 38.6 Å². The average Bonchev–Trinajstić information content (AvgIpc) is 2.74. The molecule has 2 nitrogen and oxygen atoms in total. The van der Waals surface area contributed by atoms with Gasteiger partial charge in [-0.15, -0.1) is 11.3 Å². The van der Waals surface area contributed by atoms with Gasteiger partial charge in [-0.1, -0.05) is 15.9 Å². The summed E-state index contributed by atoms with van der Waals surface area (Å²) in [6, 6.07) is 9.94. The fourth-order valence-electron chi connectivity index (χ4n) is 1.38. The summed E-state index contributed by atoms with van der Waals surface area (Å²) in [4.78, 5) is 1.19. The lowest BCUT2D eigenvalue weighted by Crippen LogP contribution is -1.99. The Hall–Kier alpha value is -0.360. The molecule has 5 heteroatoms. The lowest BCUT2D eigenvalue weighted by atomic mass is 10.2. The van der Waals surface area contributed by atoms with E-state index in [9.17, 15) is 0 Å². The summed E-state index contributed by atoms with van der Waals surface area (Å²) in [6.07, 6.45) is 0. The highest BCUT2D eigenvalue weighted by molar-refractivity contribution is 9.11. The molecule has 0 saturated heterocycles. The normalized spacial score (nSPS) is 10.5. The van der Waals surface area contributed by atoms with Crippen LogP contribution in [-0.2, 0) is 13.2 Å². The van der Waals surface area contributed by atoms with Gasteiger partial charge >= 0.3 is 0 Å². The molecule has 17 heavy (non-hydrogen) atoms. The van der Waals surface area contributed by atoms with Crippen molar-refractivity contribution in [2.24, 2.45) is 5.73 Å². The molecule has 0 unspecified atom stereocenters. The zero-order chi connectivity index (χ0) is 12.3. The Balaban J connectivity index is 2.04. The van der Waals surface area contributed by atoms with Gasteiger partial charge < -0.3 is 10.5 Å². The second kappa shape index (κ2) is 6.00. The van der Waals surface area contributed by atoms with Gasteiger partial charge in [0.1, 0.15) is 12.4 Å². The molecule has 0 radical (unpaired) electrons. The van der Waals surface area contributed by atoms with Crippen molar-refractivity contribution in [1.82, 2.24) is 0 Å². The molecule has 0 fully saturated rings. The molecule has 0 aliphatic rings. The third-order valence-electron chi connectivity index (χ3n) is 2.25. The second-order valence-corrected chi connectivity index (χ2v) is 6.85. The number of nitrogens with two attached hydrogens (primary N) is 1. The van der Waals surface area contributed by atoms with Gasteiger partial charge in [0, 0.05) is 15.9 Å². The Morgan fingerprint density at radius 2 is 2.00 bits per heavy atom. The fourth-order valence-corrected chi connectivity index (χ4v) is 3.19. The summed E-state index contributed by atoms with van der Waals surface area (Å²) < 4.78 is 7.86. The second-order valence-electron chi connectivity index (χ2n) is 3.45. The van der Waals surface area contributed by atoms with E-state index in [0.717, 1.165) is 19.6 Å². The van der Waals surface area contributed by atoms with Crippen molar-refractivity contribution in [2.45, 2.75) is 13.2 Å². The molecule has 1 heterocycles. The highest BCUT2D eigenvalue weighted by Crippen LogP contribution is 2.25. The van der Waals surface area contributed by atoms with E-state index in [1.165, 1.54) is 4.88 Å². The number of rotatable bonds is 4. The lowest BCUT2D eigenvalue weighted by Gasteiger charge is -2.07. The summed E-state index contributed by atoms with van der Waals surface area (Å²) in [6.45, 7) is 1.09. The van der Waals surface area contributed by atoms with E-state index in [0.29, 0.717) is 13.2 Å². The molecule has 0 atom stereocenters. The van der Waals surface area contributed by atoms with Crippen LogP contribution in [0, 0.1) is 0 Å². The van der Waals surface area contributed by atoms with Crippen molar-refractivity contribution in [3.8, 4) is 5.75 Å². The molecular weight excluding hydrogens is 366 g/mol. The van der Waals surface area contributed by atoms with Crippen LogP contribution in [0.3, 0.4) is 0 Å². The van der Waals surface area contributed by atoms with Crippen LogP contribution in [0.1, 0.15) is 10.4 Å². The first-order chi connectivity index (χ1) is 8.19. The van der Waals surface area contributed by atoms with Gasteiger partial charge in [0.15, 0.2) is 0 Å². The summed E-state index contributed by atoms with van der Waals surface area (Å²) >= 11 is 8.56. The van der Waals surface area contributed by atoms with Crippen molar-refractivity contribution in [3.05, 3.63) is 49.0 Å². The summed E-state index contributed by atoms with van der Waals surface area (Å²) in [5.41, 5.74) is 6.69. The monoisotopic (exact) mass is 375 g/mol. The topological polar surface area (TPSA) is 35.2 Å². The Morgan fingerprint density at radius 3 is 2.65 bits per heavy atom. The molecule has 0 saturated carbocycles. The minimum atomic E-state index is 0.502. The minimum Gasteiger partial charge on any atom is -0.488 e. The summed E-state index contributed by atoms with van der Waals surface area (Å²) in [5.74, 6) is 0.846. The molecule has 90 valence electrons. The van der Waals surface area contributed by atoms with E-state index >= 15 is 0 Å². The van der Waals surface area contributed by atoms with E-state index in [-0.39, 0.29) is 0 Å². The van der Waals surface area contributed by atoms with E-state index in [1.54, 1.807) is 11.3 Å². The predicted molar refractivity (Wildman–Crippen MR) is 78.4 cm³/mol. The Bertz CT molecular complexity index is 513. The molecule has 2 aromatic rings. The van der Waals surface area contributed by atoms with Gasteiger partial charge in [0.25, 0.3) is 0 Å². The average molecular weight is 377 g/mol. The van der Waals surface area contributed by atoms with Crippen LogP contribution in [0.25, 0.3) is 0 Å². The van der Waals surface area contributed by atoms with Crippen LogP contribution < -0.4 is 10.5 Å². The summed E-state index contributed by atoms with van der Waals surface area (Å²) in [7, 11) is 0. The molecular formula is C12H11Br2NOS. The van der Waals surface area contributed by atoms with Gasteiger partial charge in [-0.3, -0.25) is 0 Å². The number of hydrogen-bond acceptors (Lipinski definition) is 3. The minimum absolute atomic E-state index is 0.502. The van der Waals surface area contributed by atoms with Crippen LogP contribution in [0.2, 0.25) is 0 Å². The molecule has 0 amide bonds. The Labute approximate surface area is 121 Å². The standard InChI is InChI=1S/C12H11Br2NOS/c13-11-3-1-9(5-8(11)6-15)16-7-10-2-4-12(14)17-10/h1-5H,6-7,15H2. The molecule has 2 rings (SSSR count). The molecule has 0 bridgehead atoms. The highest BCUT2D eigenvalue weighted by Gasteiger charge is 2.02. The Morgan fingerprint density at radius 1 is 1.18 bits per heavy atom. The number of hydrogen-bond donors (Lipinski definition) is 1. The zero-order valence-corrected chi connectivity index (χ0v) is 12.9. The smallest absolute Gasteiger partial charge is 0.122 e. The molecule has 1 aromatic carbocycles. The van der Waals surface area contributed by atoms with Gasteiger partial charge in [-0.2, -0.15) is 0 Å². The first-order valence-corrected chi connectivity index (χ1v) is 7.45. The van der Waals surface area contributed by atoms with Crippen LogP contribution in [0.4, 0.5) is 0 Å². The summed E-state index contributed by atoms with van der Waals surface area (Å²) in [5, 5.41) is 0. The van der Waals surface area contributed by atoms with E-state index in [1.807, 2.05) is 24.3 Å². The number of benzene rings is 1. The van der Waals surface area contributed by atoms with Crippen molar-refractivity contribution in [2.75, 3.05) is 0 Å². The van der Waals surface area contributed by atoms with Crippen molar-refractivity contribution >= 4 is 43.2 Å². The fraction of sp³-hybridized carbons (Fsp3) is 0.167.